The van der Waals surface area contributed by atoms with Crippen molar-refractivity contribution in [1.82, 2.24) is 30.2 Å². The van der Waals surface area contributed by atoms with Gasteiger partial charge < -0.3 is 24.7 Å². The summed E-state index contributed by atoms with van der Waals surface area (Å²) in [5.41, 5.74) is 0.333. The van der Waals surface area contributed by atoms with Gasteiger partial charge in [-0.2, -0.15) is 18.2 Å². The number of halogens is 4. The van der Waals surface area contributed by atoms with E-state index in [-0.39, 0.29) is 60.6 Å². The van der Waals surface area contributed by atoms with Gasteiger partial charge in [0.15, 0.2) is 5.82 Å². The molecule has 0 spiro atoms. The number of amides is 4. The summed E-state index contributed by atoms with van der Waals surface area (Å²) in [4.78, 5) is 64.9. The molecule has 2 aliphatic heterocycles. The van der Waals surface area contributed by atoms with Crippen molar-refractivity contribution in [2.24, 2.45) is 5.92 Å². The van der Waals surface area contributed by atoms with Crippen LogP contribution in [-0.4, -0.2) is 88.6 Å². The minimum atomic E-state index is -5.31. The third-order valence-corrected chi connectivity index (χ3v) is 13.1. The number of aryl methyl sites for hydroxylation is 1. The summed E-state index contributed by atoms with van der Waals surface area (Å²) < 4.78 is 95.3. The molecule has 4 aliphatic rings. The van der Waals surface area contributed by atoms with E-state index < -0.39 is 80.5 Å². The predicted molar refractivity (Wildman–Crippen MR) is 203 cm³/mol. The second-order valence-electron chi connectivity index (χ2n) is 15.7. The summed E-state index contributed by atoms with van der Waals surface area (Å²) in [5.74, 6) is -6.24. The van der Waals surface area contributed by atoms with Crippen LogP contribution in [-0.2, 0) is 29.2 Å². The number of benzene rings is 2. The molecule has 4 aromatic rings. The standard InChI is InChI=1S/C40H40F4N6O8S/c1-21-9-11-22(12-10-21)33-46-31-27-17-24(41)13-16-30(27)58-32(31)35(47-33)57-25-18-29-34(51)48-39(37(53)49-59(55,56)26-14-15-26)19-23(39)7-5-3-2-4-6-8-28(36(52)50(29)20-25)45-38(54)40(42,43)44/h5,7,9-13,16-17,23,25-26,28-29H,2-4,6,8,14-15,18-20H2,1H3,(H,45,54)(H,48,51)(H,49,53)/b7-5-/t23-,25+,28-,29-,39+/m0/s1. The molecule has 14 nitrogen and oxygen atoms in total. The van der Waals surface area contributed by atoms with Crippen molar-refractivity contribution in [3.8, 4) is 17.3 Å². The number of fused-ring (bicyclic) bond motifs is 5. The van der Waals surface area contributed by atoms with E-state index >= 15 is 0 Å². The molecule has 2 aliphatic carbocycles. The SMILES string of the molecule is Cc1ccc(-c2nc(O[C@@H]3C[C@H]4C(=O)N[C@]5(C(=O)NS(=O)(=O)C6CC6)C[C@@H]5/C=C\CCCCC[C@H](NC(=O)C(F)(F)F)C(=O)N4C3)c3oc4ccc(F)cc4c3n2)cc1. The summed E-state index contributed by atoms with van der Waals surface area (Å²) >= 11 is 0. The summed E-state index contributed by atoms with van der Waals surface area (Å²) in [7, 11) is -4.02. The molecule has 5 atom stereocenters. The fourth-order valence-corrected chi connectivity index (χ4v) is 9.11. The average molecular weight is 841 g/mol. The summed E-state index contributed by atoms with van der Waals surface area (Å²) in [6, 6.07) is 7.94. The van der Waals surface area contributed by atoms with Crippen LogP contribution in [0.3, 0.4) is 0 Å². The number of rotatable bonds is 7. The number of alkyl halides is 3. The molecule has 19 heteroatoms. The molecule has 3 N–H and O–H groups in total. The van der Waals surface area contributed by atoms with E-state index in [0.29, 0.717) is 43.1 Å². The first-order chi connectivity index (χ1) is 28.0. The lowest BCUT2D eigenvalue weighted by Gasteiger charge is -2.30. The minimum absolute atomic E-state index is 0.0251. The minimum Gasteiger partial charge on any atom is -0.470 e. The number of sulfonamides is 1. The highest BCUT2D eigenvalue weighted by atomic mass is 32.2. The van der Waals surface area contributed by atoms with Crippen LogP contribution in [0.25, 0.3) is 33.5 Å². The van der Waals surface area contributed by atoms with Crippen LogP contribution >= 0.6 is 0 Å². The van der Waals surface area contributed by atoms with Gasteiger partial charge in [0, 0.05) is 23.3 Å². The molecule has 3 fully saturated rings. The summed E-state index contributed by atoms with van der Waals surface area (Å²) in [6.07, 6.45) is -0.669. The smallest absolute Gasteiger partial charge is 0.470 e. The molecular weight excluding hydrogens is 801 g/mol. The first-order valence-corrected chi connectivity index (χ1v) is 20.9. The van der Waals surface area contributed by atoms with Gasteiger partial charge in [-0.05, 0) is 63.6 Å². The van der Waals surface area contributed by atoms with Crippen LogP contribution in [0.2, 0.25) is 0 Å². The fraction of sp³-hybridized carbons (Fsp3) is 0.450. The quantitative estimate of drug-likeness (QED) is 0.171. The number of aromatic nitrogens is 2. The van der Waals surface area contributed by atoms with E-state index in [4.69, 9.17) is 9.15 Å². The molecule has 2 aromatic heterocycles. The van der Waals surface area contributed by atoms with Gasteiger partial charge >= 0.3 is 12.1 Å². The summed E-state index contributed by atoms with van der Waals surface area (Å²) in [6.45, 7) is 1.51. The molecular formula is C40H40F4N6O8S. The van der Waals surface area contributed by atoms with Crippen LogP contribution in [0, 0.1) is 18.7 Å². The maximum Gasteiger partial charge on any atom is 0.471 e. The van der Waals surface area contributed by atoms with E-state index in [0.717, 1.165) is 10.5 Å². The number of carbonyl (C=O) groups is 4. The molecule has 0 bridgehead atoms. The summed E-state index contributed by atoms with van der Waals surface area (Å²) in [5, 5.41) is 4.10. The van der Waals surface area contributed by atoms with E-state index in [2.05, 4.69) is 20.0 Å². The second kappa shape index (κ2) is 15.2. The van der Waals surface area contributed by atoms with Crippen molar-refractivity contribution in [2.45, 2.75) is 99.9 Å². The van der Waals surface area contributed by atoms with E-state index in [1.807, 2.05) is 24.4 Å². The third-order valence-electron chi connectivity index (χ3n) is 11.2. The van der Waals surface area contributed by atoms with E-state index in [1.54, 1.807) is 24.3 Å². The Morgan fingerprint density at radius 1 is 1.03 bits per heavy atom. The van der Waals surface area contributed by atoms with Gasteiger partial charge in [-0.1, -0.05) is 54.8 Å². The van der Waals surface area contributed by atoms with Crippen molar-refractivity contribution < 1.29 is 54.3 Å². The maximum absolute atomic E-state index is 14.5. The van der Waals surface area contributed by atoms with Crippen molar-refractivity contribution >= 4 is 55.7 Å². The maximum atomic E-state index is 14.5. The third kappa shape index (κ3) is 8.20. The van der Waals surface area contributed by atoms with Crippen LogP contribution in [0.15, 0.2) is 59.0 Å². The van der Waals surface area contributed by atoms with Crippen LogP contribution in [0.4, 0.5) is 17.6 Å². The normalized spacial score (nSPS) is 25.9. The molecule has 2 saturated carbocycles. The fourth-order valence-electron chi connectivity index (χ4n) is 7.75. The lowest BCUT2D eigenvalue weighted by Crippen LogP contribution is -2.58. The molecule has 312 valence electrons. The van der Waals surface area contributed by atoms with Crippen LogP contribution in [0.5, 0.6) is 5.88 Å². The highest BCUT2D eigenvalue weighted by molar-refractivity contribution is 7.91. The predicted octanol–water partition coefficient (Wildman–Crippen LogP) is 4.89. The zero-order valence-electron chi connectivity index (χ0n) is 31.7. The van der Waals surface area contributed by atoms with Crippen molar-refractivity contribution in [3.05, 3.63) is 66.0 Å². The largest absolute Gasteiger partial charge is 0.471 e. The van der Waals surface area contributed by atoms with E-state index in [9.17, 15) is 45.2 Å². The first-order valence-electron chi connectivity index (χ1n) is 19.4. The number of carbonyl (C=O) groups excluding carboxylic acids is 4. The number of hydrogen-bond donors (Lipinski definition) is 3. The van der Waals surface area contributed by atoms with Gasteiger partial charge in [0.25, 0.3) is 11.8 Å². The first kappa shape index (κ1) is 40.2. The molecule has 2 aromatic carbocycles. The molecule has 4 amide bonds. The topological polar surface area (TPSA) is 190 Å². The zero-order chi connectivity index (χ0) is 41.9. The molecule has 4 heterocycles. The molecule has 59 heavy (non-hydrogen) atoms. The van der Waals surface area contributed by atoms with Gasteiger partial charge in [0.1, 0.15) is 40.6 Å². The average Bonchev–Trinajstić information content (AvgIpc) is 4.08. The molecule has 0 unspecified atom stereocenters. The number of ether oxygens (including phenoxy) is 1. The number of nitrogens with one attached hydrogen (secondary N) is 3. The highest BCUT2D eigenvalue weighted by Gasteiger charge is 2.62. The number of nitrogens with zero attached hydrogens (tertiary/aromatic N) is 3. The van der Waals surface area contributed by atoms with Gasteiger partial charge in [0.05, 0.1) is 11.8 Å². The van der Waals surface area contributed by atoms with Crippen molar-refractivity contribution in [3.63, 3.8) is 0 Å². The molecule has 0 radical (unpaired) electrons. The van der Waals surface area contributed by atoms with Crippen molar-refractivity contribution in [2.75, 3.05) is 6.54 Å². The molecule has 1 saturated heterocycles. The lowest BCUT2D eigenvalue weighted by molar-refractivity contribution is -0.175. The highest BCUT2D eigenvalue weighted by Crippen LogP contribution is 2.46. The Bertz CT molecular complexity index is 2490. The van der Waals surface area contributed by atoms with E-state index in [1.165, 1.54) is 18.2 Å². The Labute approximate surface area is 335 Å². The van der Waals surface area contributed by atoms with Crippen LogP contribution in [0.1, 0.15) is 63.4 Å². The monoisotopic (exact) mass is 840 g/mol. The Morgan fingerprint density at radius 3 is 2.53 bits per heavy atom. The second-order valence-corrected chi connectivity index (χ2v) is 17.6. The van der Waals surface area contributed by atoms with Gasteiger partial charge in [0.2, 0.25) is 27.4 Å². The Hall–Kier alpha value is -5.59. The van der Waals surface area contributed by atoms with Crippen LogP contribution < -0.4 is 20.1 Å². The number of hydrogen-bond acceptors (Lipinski definition) is 10. The number of furan rings is 1. The van der Waals surface area contributed by atoms with Gasteiger partial charge in [-0.15, -0.1) is 0 Å². The zero-order valence-corrected chi connectivity index (χ0v) is 32.5. The van der Waals surface area contributed by atoms with Crippen molar-refractivity contribution in [1.29, 1.82) is 0 Å². The number of allylic oxidation sites excluding steroid dienone is 1. The van der Waals surface area contributed by atoms with Gasteiger partial charge in [-0.3, -0.25) is 23.9 Å². The lowest BCUT2D eigenvalue weighted by atomic mass is 10.0. The Morgan fingerprint density at radius 2 is 1.80 bits per heavy atom. The Kier molecular flexibility index (Phi) is 10.4. The molecule has 8 rings (SSSR count). The Balaban J connectivity index is 1.16. The van der Waals surface area contributed by atoms with Gasteiger partial charge in [-0.25, -0.2) is 17.8 Å².